The first-order valence-corrected chi connectivity index (χ1v) is 6.72. The van der Waals surface area contributed by atoms with Crippen molar-refractivity contribution in [3.8, 4) is 0 Å². The molecule has 2 N–H and O–H groups in total. The maximum absolute atomic E-state index is 11.9. The number of aliphatic hydroxyl groups excluding tert-OH is 1. The molecule has 0 aliphatic rings. The fraction of sp³-hybridized carbons (Fsp3) is 0.375. The van der Waals surface area contributed by atoms with Crippen LogP contribution in [0.25, 0.3) is 10.9 Å². The van der Waals surface area contributed by atoms with Crippen LogP contribution in [-0.2, 0) is 11.2 Å². The molecule has 2 rings (SSSR count). The van der Waals surface area contributed by atoms with E-state index in [4.69, 9.17) is 5.11 Å². The summed E-state index contributed by atoms with van der Waals surface area (Å²) < 4.78 is 0. The summed E-state index contributed by atoms with van der Waals surface area (Å²) in [6.45, 7) is 4.31. The van der Waals surface area contributed by atoms with E-state index in [0.29, 0.717) is 6.54 Å². The second kappa shape index (κ2) is 6.01. The number of aliphatic hydroxyl groups is 1. The molecule has 1 heterocycles. The van der Waals surface area contributed by atoms with Crippen LogP contribution in [-0.4, -0.2) is 29.1 Å². The number of nitrogens with one attached hydrogen (secondary N) is 1. The molecule has 0 fully saturated rings. The van der Waals surface area contributed by atoms with Crippen molar-refractivity contribution >= 4 is 16.8 Å². The molecule has 0 aliphatic heterocycles. The molecule has 20 heavy (non-hydrogen) atoms. The molecule has 1 aromatic heterocycles. The van der Waals surface area contributed by atoms with Gasteiger partial charge in [0.05, 0.1) is 17.6 Å². The molecular weight excluding hydrogens is 252 g/mol. The number of para-hydroxylation sites is 1. The van der Waals surface area contributed by atoms with Gasteiger partial charge in [0.1, 0.15) is 0 Å². The van der Waals surface area contributed by atoms with Crippen LogP contribution in [0.1, 0.15) is 19.5 Å². The van der Waals surface area contributed by atoms with Gasteiger partial charge >= 0.3 is 0 Å². The highest BCUT2D eigenvalue weighted by Crippen LogP contribution is 2.13. The summed E-state index contributed by atoms with van der Waals surface area (Å²) in [7, 11) is 0. The summed E-state index contributed by atoms with van der Waals surface area (Å²) in [5.41, 5.74) is 1.35. The third-order valence-corrected chi connectivity index (χ3v) is 3.19. The molecule has 0 atom stereocenters. The molecule has 4 heteroatoms. The van der Waals surface area contributed by atoms with Gasteiger partial charge in [-0.15, -0.1) is 0 Å². The summed E-state index contributed by atoms with van der Waals surface area (Å²) >= 11 is 0. The Morgan fingerprint density at radius 2 is 2.00 bits per heavy atom. The summed E-state index contributed by atoms with van der Waals surface area (Å²) in [6, 6.07) is 11.7. The van der Waals surface area contributed by atoms with E-state index in [2.05, 4.69) is 10.3 Å². The molecule has 106 valence electrons. The number of carbonyl (C=O) groups excluding carboxylic acids is 1. The number of hydrogen-bond acceptors (Lipinski definition) is 3. The highest BCUT2D eigenvalue weighted by molar-refractivity contribution is 5.81. The van der Waals surface area contributed by atoms with Gasteiger partial charge in [-0.3, -0.25) is 9.78 Å². The predicted octanol–water partition coefficient (Wildman–Crippen LogP) is 1.91. The Balaban J connectivity index is 1.99. The van der Waals surface area contributed by atoms with E-state index >= 15 is 0 Å². The van der Waals surface area contributed by atoms with Crippen LogP contribution >= 0.6 is 0 Å². The topological polar surface area (TPSA) is 62.2 Å². The van der Waals surface area contributed by atoms with Crippen molar-refractivity contribution < 1.29 is 9.90 Å². The number of nitrogens with zero attached hydrogens (tertiary/aromatic N) is 1. The average Bonchev–Trinajstić information content (AvgIpc) is 2.45. The Morgan fingerprint density at radius 3 is 2.75 bits per heavy atom. The molecule has 0 saturated carbocycles. The lowest BCUT2D eigenvalue weighted by Crippen LogP contribution is -2.36. The van der Waals surface area contributed by atoms with E-state index in [1.807, 2.05) is 50.2 Å². The van der Waals surface area contributed by atoms with Crippen molar-refractivity contribution in [3.05, 3.63) is 42.1 Å². The normalized spacial score (nSPS) is 11.6. The standard InChI is InChI=1S/C16H20N2O2/c1-16(2,11-19)10-17-15(20)9-13-8-7-12-5-3-4-6-14(12)18-13/h3-8,19H,9-11H2,1-2H3,(H,17,20). The Kier molecular flexibility index (Phi) is 4.35. The van der Waals surface area contributed by atoms with E-state index in [1.165, 1.54) is 0 Å². The van der Waals surface area contributed by atoms with E-state index in [1.54, 1.807) is 0 Å². The first-order chi connectivity index (χ1) is 9.50. The largest absolute Gasteiger partial charge is 0.396 e. The van der Waals surface area contributed by atoms with Gasteiger partial charge in [0.15, 0.2) is 0 Å². The number of aromatic nitrogens is 1. The number of amides is 1. The number of pyridine rings is 1. The van der Waals surface area contributed by atoms with Crippen LogP contribution in [0.4, 0.5) is 0 Å². The molecule has 1 aromatic carbocycles. The lowest BCUT2D eigenvalue weighted by Gasteiger charge is -2.21. The van der Waals surface area contributed by atoms with Crippen LogP contribution in [0, 0.1) is 5.41 Å². The Morgan fingerprint density at radius 1 is 1.25 bits per heavy atom. The zero-order valence-corrected chi connectivity index (χ0v) is 11.9. The van der Waals surface area contributed by atoms with Gasteiger partial charge in [0, 0.05) is 24.0 Å². The molecule has 0 saturated heterocycles. The van der Waals surface area contributed by atoms with Crippen LogP contribution in [0.2, 0.25) is 0 Å². The quantitative estimate of drug-likeness (QED) is 0.874. The minimum Gasteiger partial charge on any atom is -0.396 e. The fourth-order valence-electron chi connectivity index (χ4n) is 1.83. The third-order valence-electron chi connectivity index (χ3n) is 3.19. The van der Waals surface area contributed by atoms with E-state index in [9.17, 15) is 4.79 Å². The molecule has 0 radical (unpaired) electrons. The Bertz CT molecular complexity index is 608. The Labute approximate surface area is 118 Å². The first kappa shape index (κ1) is 14.5. The number of fused-ring (bicyclic) bond motifs is 1. The summed E-state index contributed by atoms with van der Waals surface area (Å²) in [5.74, 6) is -0.0747. The minimum atomic E-state index is -0.299. The SMILES string of the molecule is CC(C)(CO)CNC(=O)Cc1ccc2ccccc2n1. The lowest BCUT2D eigenvalue weighted by molar-refractivity contribution is -0.121. The molecular formula is C16H20N2O2. The predicted molar refractivity (Wildman–Crippen MR) is 79.3 cm³/mol. The second-order valence-electron chi connectivity index (χ2n) is 5.77. The zero-order valence-electron chi connectivity index (χ0n) is 11.9. The molecule has 0 aliphatic carbocycles. The van der Waals surface area contributed by atoms with Crippen molar-refractivity contribution in [1.82, 2.24) is 10.3 Å². The van der Waals surface area contributed by atoms with Crippen molar-refractivity contribution in [3.63, 3.8) is 0 Å². The molecule has 4 nitrogen and oxygen atoms in total. The van der Waals surface area contributed by atoms with Crippen LogP contribution in [0.5, 0.6) is 0 Å². The van der Waals surface area contributed by atoms with Crippen molar-refractivity contribution in [2.24, 2.45) is 5.41 Å². The molecule has 1 amide bonds. The summed E-state index contributed by atoms with van der Waals surface area (Å²) in [4.78, 5) is 16.3. The maximum atomic E-state index is 11.9. The van der Waals surface area contributed by atoms with Gasteiger partial charge in [0.2, 0.25) is 5.91 Å². The molecule has 2 aromatic rings. The first-order valence-electron chi connectivity index (χ1n) is 6.72. The van der Waals surface area contributed by atoms with Gasteiger partial charge in [-0.1, -0.05) is 38.1 Å². The number of hydrogen-bond donors (Lipinski definition) is 2. The highest BCUT2D eigenvalue weighted by Gasteiger charge is 2.17. The second-order valence-corrected chi connectivity index (χ2v) is 5.77. The van der Waals surface area contributed by atoms with Gasteiger partial charge in [-0.05, 0) is 12.1 Å². The highest BCUT2D eigenvalue weighted by atomic mass is 16.3. The number of rotatable bonds is 5. The van der Waals surface area contributed by atoms with Gasteiger partial charge in [0.25, 0.3) is 0 Å². The Hall–Kier alpha value is -1.94. The molecule has 0 spiro atoms. The molecule has 0 unspecified atom stereocenters. The summed E-state index contributed by atoms with van der Waals surface area (Å²) in [5, 5.41) is 13.1. The zero-order chi connectivity index (χ0) is 14.6. The minimum absolute atomic E-state index is 0.0432. The summed E-state index contributed by atoms with van der Waals surface area (Å²) in [6.07, 6.45) is 0.256. The van der Waals surface area contributed by atoms with E-state index < -0.39 is 0 Å². The monoisotopic (exact) mass is 272 g/mol. The van der Waals surface area contributed by atoms with Crippen LogP contribution in [0.3, 0.4) is 0 Å². The van der Waals surface area contributed by atoms with Crippen molar-refractivity contribution in [2.75, 3.05) is 13.2 Å². The maximum Gasteiger partial charge on any atom is 0.226 e. The molecule has 0 bridgehead atoms. The number of carbonyl (C=O) groups is 1. The fourth-order valence-corrected chi connectivity index (χ4v) is 1.83. The third kappa shape index (κ3) is 3.78. The lowest BCUT2D eigenvalue weighted by atomic mass is 9.95. The van der Waals surface area contributed by atoms with Crippen LogP contribution < -0.4 is 5.32 Å². The van der Waals surface area contributed by atoms with E-state index in [0.717, 1.165) is 16.6 Å². The van der Waals surface area contributed by atoms with Crippen LogP contribution in [0.15, 0.2) is 36.4 Å². The van der Waals surface area contributed by atoms with Crippen molar-refractivity contribution in [1.29, 1.82) is 0 Å². The van der Waals surface area contributed by atoms with Gasteiger partial charge in [-0.2, -0.15) is 0 Å². The smallest absolute Gasteiger partial charge is 0.226 e. The van der Waals surface area contributed by atoms with E-state index in [-0.39, 0.29) is 24.3 Å². The number of benzene rings is 1. The van der Waals surface area contributed by atoms with Gasteiger partial charge in [-0.25, -0.2) is 0 Å². The average molecular weight is 272 g/mol. The van der Waals surface area contributed by atoms with Crippen molar-refractivity contribution in [2.45, 2.75) is 20.3 Å². The van der Waals surface area contributed by atoms with Gasteiger partial charge < -0.3 is 10.4 Å².